The Bertz CT molecular complexity index is 2150. The zero-order valence-corrected chi connectivity index (χ0v) is 21.2. The van der Waals surface area contributed by atoms with E-state index in [0.29, 0.717) is 0 Å². The van der Waals surface area contributed by atoms with Crippen molar-refractivity contribution in [3.63, 3.8) is 0 Å². The highest BCUT2D eigenvalue weighted by Gasteiger charge is 2.13. The second kappa shape index (κ2) is 8.62. The predicted octanol–water partition coefficient (Wildman–Crippen LogP) is 10.0. The van der Waals surface area contributed by atoms with Crippen molar-refractivity contribution >= 4 is 43.4 Å². The Morgan fingerprint density at radius 2 is 1.10 bits per heavy atom. The van der Waals surface area contributed by atoms with Crippen LogP contribution in [0.4, 0.5) is 0 Å². The fourth-order valence-electron chi connectivity index (χ4n) is 6.01. The average Bonchev–Trinajstić information content (AvgIpc) is 3.35. The molecule has 7 aromatic carbocycles. The van der Waals surface area contributed by atoms with Gasteiger partial charge in [0, 0.05) is 21.8 Å². The molecule has 1 heterocycles. The summed E-state index contributed by atoms with van der Waals surface area (Å²) in [5, 5.41) is 7.35. The van der Waals surface area contributed by atoms with Gasteiger partial charge in [0.25, 0.3) is 0 Å². The lowest BCUT2D eigenvalue weighted by Crippen LogP contribution is -1.92. The summed E-state index contributed by atoms with van der Waals surface area (Å²) in [4.78, 5) is 0. The number of aromatic nitrogens is 1. The Morgan fingerprint density at radius 3 is 1.95 bits per heavy atom. The van der Waals surface area contributed by atoms with Crippen LogP contribution in [-0.4, -0.2) is 4.57 Å². The zero-order valence-electron chi connectivity index (χ0n) is 21.2. The van der Waals surface area contributed by atoms with E-state index in [2.05, 4.69) is 150 Å². The van der Waals surface area contributed by atoms with Crippen LogP contribution in [0.5, 0.6) is 0 Å². The van der Waals surface area contributed by atoms with Crippen LogP contribution < -0.4 is 0 Å². The molecule has 0 radical (unpaired) electrons. The summed E-state index contributed by atoms with van der Waals surface area (Å²) >= 11 is 0. The van der Waals surface area contributed by atoms with E-state index in [-0.39, 0.29) is 0 Å². The summed E-state index contributed by atoms with van der Waals surface area (Å²) in [5.41, 5.74) is 8.48. The Balaban J connectivity index is 1.26. The van der Waals surface area contributed by atoms with Gasteiger partial charge in [-0.3, -0.25) is 0 Å². The molecule has 0 aliphatic carbocycles. The largest absolute Gasteiger partial charge is 0.309 e. The molecule has 0 aliphatic rings. The molecule has 0 unspecified atom stereocenters. The lowest BCUT2D eigenvalue weighted by Gasteiger charge is -2.11. The minimum atomic E-state index is 1.09. The minimum Gasteiger partial charge on any atom is -0.309 e. The Labute approximate surface area is 227 Å². The molecule has 8 aromatic rings. The van der Waals surface area contributed by atoms with Crippen LogP contribution >= 0.6 is 0 Å². The topological polar surface area (TPSA) is 4.93 Å². The highest BCUT2D eigenvalue weighted by Crippen LogP contribution is 2.37. The fourth-order valence-corrected chi connectivity index (χ4v) is 6.01. The lowest BCUT2D eigenvalue weighted by molar-refractivity contribution is 1.18. The van der Waals surface area contributed by atoms with Gasteiger partial charge in [-0.1, -0.05) is 103 Å². The van der Waals surface area contributed by atoms with Gasteiger partial charge in [-0.15, -0.1) is 0 Å². The second-order valence-electron chi connectivity index (χ2n) is 10.0. The second-order valence-corrected chi connectivity index (χ2v) is 10.0. The molecule has 0 aliphatic heterocycles. The van der Waals surface area contributed by atoms with Crippen molar-refractivity contribution in [3.8, 4) is 27.9 Å². The van der Waals surface area contributed by atoms with Gasteiger partial charge in [0.2, 0.25) is 0 Å². The third-order valence-corrected chi connectivity index (χ3v) is 7.84. The number of fused-ring (bicyclic) bond motifs is 6. The summed E-state index contributed by atoms with van der Waals surface area (Å²) < 4.78 is 2.36. The molecule has 1 heteroatoms. The summed E-state index contributed by atoms with van der Waals surface area (Å²) in [5.74, 6) is 0. The van der Waals surface area contributed by atoms with Gasteiger partial charge in [0.1, 0.15) is 0 Å². The van der Waals surface area contributed by atoms with Crippen molar-refractivity contribution in [1.82, 2.24) is 4.57 Å². The van der Waals surface area contributed by atoms with E-state index >= 15 is 0 Å². The molecule has 39 heavy (non-hydrogen) atoms. The van der Waals surface area contributed by atoms with Gasteiger partial charge >= 0.3 is 0 Å². The smallest absolute Gasteiger partial charge is 0.0541 e. The van der Waals surface area contributed by atoms with E-state index in [0.717, 1.165) is 5.39 Å². The number of para-hydroxylation sites is 2. The molecule has 1 aromatic heterocycles. The number of hydrogen-bond acceptors (Lipinski definition) is 0. The van der Waals surface area contributed by atoms with E-state index in [9.17, 15) is 0 Å². The summed E-state index contributed by atoms with van der Waals surface area (Å²) in [6.07, 6.45) is 0. The lowest BCUT2D eigenvalue weighted by atomic mass is 9.93. The zero-order chi connectivity index (χ0) is 25.8. The van der Waals surface area contributed by atoms with Crippen molar-refractivity contribution in [2.45, 2.75) is 0 Å². The summed E-state index contributed by atoms with van der Waals surface area (Å²) in [7, 11) is 0. The maximum atomic E-state index is 3.31. The first kappa shape index (κ1) is 21.7. The normalized spacial score (nSPS) is 11.4. The van der Waals surface area contributed by atoms with Crippen LogP contribution in [0.3, 0.4) is 0 Å². The number of rotatable bonds is 3. The van der Waals surface area contributed by atoms with Crippen LogP contribution in [0.2, 0.25) is 0 Å². The standard InChI is InChI=1S/C38H23N/c1-2-11-30(12-3-1)39-37-17-9-8-16-34(37)36-24-28(22-23-38(36)39)26-18-20-27(21-19-26)35-25-29-10-4-5-13-31(29)32-14-6-7-15-33(32)35/h1-3,5-9,11-25H. The highest BCUT2D eigenvalue weighted by molar-refractivity contribution is 6.13. The van der Waals surface area contributed by atoms with Crippen molar-refractivity contribution in [3.05, 3.63) is 152 Å². The van der Waals surface area contributed by atoms with Crippen LogP contribution in [0, 0.1) is 12.1 Å². The molecule has 0 N–H and O–H groups in total. The molecule has 0 saturated carbocycles. The number of hydrogen-bond donors (Lipinski definition) is 0. The molecule has 0 saturated heterocycles. The summed E-state index contributed by atoms with van der Waals surface area (Å²) in [6.45, 7) is 0. The van der Waals surface area contributed by atoms with E-state index in [4.69, 9.17) is 0 Å². The van der Waals surface area contributed by atoms with Crippen LogP contribution in [0.15, 0.2) is 140 Å². The van der Waals surface area contributed by atoms with Crippen LogP contribution in [0.1, 0.15) is 0 Å². The maximum Gasteiger partial charge on any atom is 0.0541 e. The van der Waals surface area contributed by atoms with Gasteiger partial charge in [-0.05, 0) is 86.9 Å². The van der Waals surface area contributed by atoms with Gasteiger partial charge < -0.3 is 4.57 Å². The van der Waals surface area contributed by atoms with Crippen molar-refractivity contribution in [2.24, 2.45) is 0 Å². The molecule has 0 bridgehead atoms. The molecule has 1 nitrogen and oxygen atoms in total. The number of nitrogens with zero attached hydrogens (tertiary/aromatic N) is 1. The molecular formula is C38H23N. The fraction of sp³-hybridized carbons (Fsp3) is 0. The molecule has 0 amide bonds. The first-order valence-electron chi connectivity index (χ1n) is 13.3. The van der Waals surface area contributed by atoms with E-state index < -0.39 is 0 Å². The predicted molar refractivity (Wildman–Crippen MR) is 164 cm³/mol. The molecule has 8 rings (SSSR count). The van der Waals surface area contributed by atoms with Crippen LogP contribution in [0.25, 0.3) is 71.3 Å². The Morgan fingerprint density at radius 1 is 0.436 bits per heavy atom. The molecule has 0 atom stereocenters. The molecule has 0 spiro atoms. The van der Waals surface area contributed by atoms with Crippen molar-refractivity contribution in [1.29, 1.82) is 0 Å². The third kappa shape index (κ3) is 3.43. The summed E-state index contributed by atoms with van der Waals surface area (Å²) in [6, 6.07) is 56.5. The van der Waals surface area contributed by atoms with Gasteiger partial charge in [0.05, 0.1) is 11.0 Å². The Hall–Kier alpha value is -5.32. The molecule has 0 fully saturated rings. The van der Waals surface area contributed by atoms with Gasteiger partial charge in [-0.2, -0.15) is 0 Å². The third-order valence-electron chi connectivity index (χ3n) is 7.84. The van der Waals surface area contributed by atoms with Crippen LogP contribution in [-0.2, 0) is 0 Å². The first-order chi connectivity index (χ1) is 19.3. The first-order valence-corrected chi connectivity index (χ1v) is 13.3. The van der Waals surface area contributed by atoms with Gasteiger partial charge in [-0.25, -0.2) is 0 Å². The van der Waals surface area contributed by atoms with E-state index in [1.165, 1.54) is 65.9 Å². The van der Waals surface area contributed by atoms with E-state index in [1.54, 1.807) is 0 Å². The molecular weight excluding hydrogens is 470 g/mol. The maximum absolute atomic E-state index is 3.31. The van der Waals surface area contributed by atoms with Crippen molar-refractivity contribution in [2.75, 3.05) is 0 Å². The Kier molecular flexibility index (Phi) is 4.80. The highest BCUT2D eigenvalue weighted by atomic mass is 15.0. The van der Waals surface area contributed by atoms with E-state index in [1.807, 2.05) is 6.07 Å². The SMILES string of the molecule is c1ccc2c(c#1)cc(-c1ccc(-c3ccc4c(c3)c3ccccc3n4-c3ccccc3)cc1)c1ccccc12. The number of benzene rings is 6. The van der Waals surface area contributed by atoms with Gasteiger partial charge in [0.15, 0.2) is 0 Å². The monoisotopic (exact) mass is 493 g/mol. The van der Waals surface area contributed by atoms with Crippen molar-refractivity contribution < 1.29 is 0 Å². The quantitative estimate of drug-likeness (QED) is 0.231. The molecule has 180 valence electrons. The minimum absolute atomic E-state index is 1.09. The average molecular weight is 494 g/mol.